The summed E-state index contributed by atoms with van der Waals surface area (Å²) in [5, 5.41) is 14.9. The first-order valence-corrected chi connectivity index (χ1v) is 8.95. The molecular formula is C22H23N3O4. The molecule has 0 fully saturated rings. The van der Waals surface area contributed by atoms with Crippen molar-refractivity contribution in [2.24, 2.45) is 0 Å². The standard InChI is InChI=1S/C22H23N3O4/c1-15(26)17-5-4-6-19(12-17)25-22(27)18(13-23)14-24-10-9-16-7-8-20(28-2)21(11-16)29-3/h4-8,11-12,14,24H,9-10H2,1-3H3,(H,25,27)/b18-14-. The van der Waals surface area contributed by atoms with E-state index in [0.29, 0.717) is 35.7 Å². The molecule has 0 unspecified atom stereocenters. The Morgan fingerprint density at radius 2 is 1.86 bits per heavy atom. The van der Waals surface area contributed by atoms with E-state index in [4.69, 9.17) is 9.47 Å². The van der Waals surface area contributed by atoms with Crippen LogP contribution in [0.3, 0.4) is 0 Å². The lowest BCUT2D eigenvalue weighted by Gasteiger charge is -2.10. The third-order valence-electron chi connectivity index (χ3n) is 4.14. The Labute approximate surface area is 169 Å². The molecule has 2 aromatic rings. The van der Waals surface area contributed by atoms with Crippen molar-refractivity contribution in [1.29, 1.82) is 5.26 Å². The minimum atomic E-state index is -0.549. The Bertz CT molecular complexity index is 961. The minimum Gasteiger partial charge on any atom is -0.493 e. The molecule has 0 aliphatic rings. The van der Waals surface area contributed by atoms with Gasteiger partial charge in [-0.05, 0) is 43.2 Å². The summed E-state index contributed by atoms with van der Waals surface area (Å²) in [5.41, 5.74) is 1.89. The summed E-state index contributed by atoms with van der Waals surface area (Å²) in [6.07, 6.45) is 2.04. The molecule has 29 heavy (non-hydrogen) atoms. The molecule has 0 aromatic heterocycles. The molecular weight excluding hydrogens is 370 g/mol. The number of carbonyl (C=O) groups is 2. The number of hydrogen-bond acceptors (Lipinski definition) is 6. The molecule has 7 nitrogen and oxygen atoms in total. The maximum absolute atomic E-state index is 12.3. The van der Waals surface area contributed by atoms with Crippen LogP contribution < -0.4 is 20.1 Å². The van der Waals surface area contributed by atoms with Gasteiger partial charge in [0.25, 0.3) is 5.91 Å². The number of methoxy groups -OCH3 is 2. The number of carbonyl (C=O) groups excluding carboxylic acids is 2. The van der Waals surface area contributed by atoms with Gasteiger partial charge in [-0.25, -0.2) is 0 Å². The van der Waals surface area contributed by atoms with E-state index in [1.54, 1.807) is 38.5 Å². The van der Waals surface area contributed by atoms with Crippen LogP contribution in [-0.2, 0) is 11.2 Å². The molecule has 2 rings (SSSR count). The van der Waals surface area contributed by atoms with E-state index in [0.717, 1.165) is 5.56 Å². The lowest BCUT2D eigenvalue weighted by atomic mass is 10.1. The summed E-state index contributed by atoms with van der Waals surface area (Å²) in [5.74, 6) is 0.646. The number of ether oxygens (including phenoxy) is 2. The summed E-state index contributed by atoms with van der Waals surface area (Å²) >= 11 is 0. The maximum Gasteiger partial charge on any atom is 0.267 e. The van der Waals surface area contributed by atoms with E-state index in [1.165, 1.54) is 13.1 Å². The predicted octanol–water partition coefficient (Wildman–Crippen LogP) is 3.08. The van der Waals surface area contributed by atoms with Gasteiger partial charge in [-0.3, -0.25) is 9.59 Å². The van der Waals surface area contributed by atoms with Gasteiger partial charge in [0.05, 0.1) is 14.2 Å². The van der Waals surface area contributed by atoms with Gasteiger partial charge < -0.3 is 20.1 Å². The third kappa shape index (κ3) is 6.11. The summed E-state index contributed by atoms with van der Waals surface area (Å²) in [6.45, 7) is 1.97. The third-order valence-corrected chi connectivity index (χ3v) is 4.14. The molecule has 2 aromatic carbocycles. The van der Waals surface area contributed by atoms with Crippen LogP contribution in [0.4, 0.5) is 5.69 Å². The molecule has 7 heteroatoms. The van der Waals surface area contributed by atoms with Crippen molar-refractivity contribution in [3.63, 3.8) is 0 Å². The number of nitrogens with zero attached hydrogens (tertiary/aromatic N) is 1. The zero-order valence-electron chi connectivity index (χ0n) is 16.6. The SMILES string of the molecule is COc1ccc(CCN/C=C(/C#N)C(=O)Nc2cccc(C(C)=O)c2)cc1OC. The molecule has 0 aliphatic carbocycles. The van der Waals surface area contributed by atoms with E-state index in [9.17, 15) is 14.9 Å². The van der Waals surface area contributed by atoms with Gasteiger partial charge in [-0.2, -0.15) is 5.26 Å². The van der Waals surface area contributed by atoms with Crippen LogP contribution >= 0.6 is 0 Å². The van der Waals surface area contributed by atoms with E-state index in [1.807, 2.05) is 24.3 Å². The van der Waals surface area contributed by atoms with Crippen LogP contribution in [0.1, 0.15) is 22.8 Å². The molecule has 0 bridgehead atoms. The second-order valence-electron chi connectivity index (χ2n) is 6.15. The molecule has 150 valence electrons. The summed E-state index contributed by atoms with van der Waals surface area (Å²) in [7, 11) is 3.15. The molecule has 0 radical (unpaired) electrons. The first-order chi connectivity index (χ1) is 14.0. The fraction of sp³-hybridized carbons (Fsp3) is 0.227. The topological polar surface area (TPSA) is 100 Å². The fourth-order valence-corrected chi connectivity index (χ4v) is 2.59. The number of Topliss-reactive ketones (excluding diaryl/α,β-unsaturated/α-hetero) is 1. The van der Waals surface area contributed by atoms with Crippen LogP contribution in [0, 0.1) is 11.3 Å². The van der Waals surface area contributed by atoms with Crippen molar-refractivity contribution in [2.45, 2.75) is 13.3 Å². The number of nitrogens with one attached hydrogen (secondary N) is 2. The smallest absolute Gasteiger partial charge is 0.267 e. The van der Waals surface area contributed by atoms with Crippen molar-refractivity contribution >= 4 is 17.4 Å². The number of amides is 1. The molecule has 1 amide bonds. The van der Waals surface area contributed by atoms with Gasteiger partial charge in [0.2, 0.25) is 0 Å². The highest BCUT2D eigenvalue weighted by molar-refractivity contribution is 6.07. The van der Waals surface area contributed by atoms with Crippen LogP contribution in [0.2, 0.25) is 0 Å². The number of benzene rings is 2. The van der Waals surface area contributed by atoms with Gasteiger partial charge in [0.15, 0.2) is 17.3 Å². The maximum atomic E-state index is 12.3. The largest absolute Gasteiger partial charge is 0.493 e. The van der Waals surface area contributed by atoms with Gasteiger partial charge in [-0.15, -0.1) is 0 Å². The zero-order valence-corrected chi connectivity index (χ0v) is 16.6. The molecule has 0 aliphatic heterocycles. The Morgan fingerprint density at radius 3 is 2.52 bits per heavy atom. The molecule has 0 saturated carbocycles. The van der Waals surface area contributed by atoms with Gasteiger partial charge in [0, 0.05) is 24.0 Å². The average Bonchev–Trinajstić information content (AvgIpc) is 2.73. The number of anilines is 1. The number of ketones is 1. The van der Waals surface area contributed by atoms with Crippen molar-refractivity contribution in [1.82, 2.24) is 5.32 Å². The summed E-state index contributed by atoms with van der Waals surface area (Å²) in [4.78, 5) is 23.7. The second-order valence-corrected chi connectivity index (χ2v) is 6.15. The van der Waals surface area contributed by atoms with Crippen LogP contribution in [0.15, 0.2) is 54.2 Å². The van der Waals surface area contributed by atoms with Crippen LogP contribution in [-0.4, -0.2) is 32.5 Å². The van der Waals surface area contributed by atoms with Gasteiger partial charge in [-0.1, -0.05) is 18.2 Å². The normalized spacial score (nSPS) is 10.6. The quantitative estimate of drug-likeness (QED) is 0.294. The second kappa shape index (κ2) is 10.5. The zero-order chi connectivity index (χ0) is 21.2. The van der Waals surface area contributed by atoms with Crippen molar-refractivity contribution in [3.8, 4) is 17.6 Å². The van der Waals surface area contributed by atoms with Crippen LogP contribution in [0.25, 0.3) is 0 Å². The van der Waals surface area contributed by atoms with Gasteiger partial charge >= 0.3 is 0 Å². The van der Waals surface area contributed by atoms with E-state index in [2.05, 4.69) is 10.6 Å². The van der Waals surface area contributed by atoms with E-state index >= 15 is 0 Å². The monoisotopic (exact) mass is 393 g/mol. The molecule has 0 saturated heterocycles. The van der Waals surface area contributed by atoms with Crippen molar-refractivity contribution in [3.05, 3.63) is 65.4 Å². The summed E-state index contributed by atoms with van der Waals surface area (Å²) in [6, 6.07) is 14.1. The first kappa shape index (κ1) is 21.5. The minimum absolute atomic E-state index is 0.0643. The highest BCUT2D eigenvalue weighted by Gasteiger charge is 2.10. The van der Waals surface area contributed by atoms with Crippen molar-refractivity contribution < 1.29 is 19.1 Å². The Kier molecular flexibility index (Phi) is 7.80. The number of nitriles is 1. The lowest BCUT2D eigenvalue weighted by Crippen LogP contribution is -2.18. The predicted molar refractivity (Wildman–Crippen MR) is 110 cm³/mol. The molecule has 0 spiro atoms. The molecule has 0 atom stereocenters. The number of hydrogen-bond donors (Lipinski definition) is 2. The first-order valence-electron chi connectivity index (χ1n) is 8.95. The lowest BCUT2D eigenvalue weighted by molar-refractivity contribution is -0.112. The van der Waals surface area contributed by atoms with E-state index in [-0.39, 0.29) is 11.4 Å². The van der Waals surface area contributed by atoms with E-state index < -0.39 is 5.91 Å². The highest BCUT2D eigenvalue weighted by atomic mass is 16.5. The Morgan fingerprint density at radius 1 is 1.10 bits per heavy atom. The number of rotatable bonds is 9. The summed E-state index contributed by atoms with van der Waals surface area (Å²) < 4.78 is 10.5. The highest BCUT2D eigenvalue weighted by Crippen LogP contribution is 2.27. The Hall–Kier alpha value is -3.79. The van der Waals surface area contributed by atoms with Crippen molar-refractivity contribution in [2.75, 3.05) is 26.1 Å². The Balaban J connectivity index is 1.94. The molecule has 2 N–H and O–H groups in total. The van der Waals surface area contributed by atoms with Crippen LogP contribution in [0.5, 0.6) is 11.5 Å². The molecule has 0 heterocycles. The average molecular weight is 393 g/mol. The van der Waals surface area contributed by atoms with Gasteiger partial charge in [0.1, 0.15) is 11.6 Å². The fourth-order valence-electron chi connectivity index (χ4n) is 2.59.